The summed E-state index contributed by atoms with van der Waals surface area (Å²) in [4.78, 5) is 13.2. The van der Waals surface area contributed by atoms with Gasteiger partial charge in [-0.1, -0.05) is 36.4 Å². The van der Waals surface area contributed by atoms with E-state index in [1.54, 1.807) is 0 Å². The predicted molar refractivity (Wildman–Crippen MR) is 103 cm³/mol. The van der Waals surface area contributed by atoms with Crippen LogP contribution < -0.4 is 10.6 Å². The van der Waals surface area contributed by atoms with E-state index in [4.69, 9.17) is 0 Å². The second kappa shape index (κ2) is 5.32. The zero-order valence-corrected chi connectivity index (χ0v) is 15.0. The fraction of sp³-hybridized carbons (Fsp3) is 0.227. The van der Waals surface area contributed by atoms with Crippen molar-refractivity contribution >= 4 is 11.6 Å². The van der Waals surface area contributed by atoms with E-state index in [-0.39, 0.29) is 5.91 Å². The Labute approximate surface area is 152 Å². The Balaban J connectivity index is 1.83. The first-order valence-electron chi connectivity index (χ1n) is 9.07. The summed E-state index contributed by atoms with van der Waals surface area (Å²) in [6, 6.07) is 18.4. The van der Waals surface area contributed by atoms with Crippen LogP contribution in [0.3, 0.4) is 0 Å². The van der Waals surface area contributed by atoms with Crippen LogP contribution in [0.15, 0.2) is 54.6 Å². The van der Waals surface area contributed by atoms with Gasteiger partial charge in [0.2, 0.25) is 0 Å². The van der Waals surface area contributed by atoms with Gasteiger partial charge in [0, 0.05) is 40.4 Å². The van der Waals surface area contributed by atoms with E-state index < -0.39 is 5.54 Å². The van der Waals surface area contributed by atoms with Gasteiger partial charge in [-0.2, -0.15) is 0 Å². The van der Waals surface area contributed by atoms with Crippen molar-refractivity contribution in [3.8, 4) is 5.69 Å². The Morgan fingerprint density at radius 3 is 2.50 bits per heavy atom. The summed E-state index contributed by atoms with van der Waals surface area (Å²) in [5.41, 5.74) is 7.04. The first kappa shape index (κ1) is 15.4. The molecule has 2 N–H and O–H groups in total. The molecule has 2 aliphatic heterocycles. The number of aromatic nitrogens is 1. The highest BCUT2D eigenvalue weighted by atomic mass is 16.2. The molecule has 130 valence electrons. The van der Waals surface area contributed by atoms with Crippen LogP contribution in [0.2, 0.25) is 0 Å². The molecule has 0 aliphatic carbocycles. The molecule has 4 nitrogen and oxygen atoms in total. The van der Waals surface area contributed by atoms with Crippen molar-refractivity contribution in [1.82, 2.24) is 9.88 Å². The van der Waals surface area contributed by atoms with Gasteiger partial charge in [-0.25, -0.2) is 0 Å². The molecule has 0 fully saturated rings. The maximum absolute atomic E-state index is 13.2. The lowest BCUT2D eigenvalue weighted by Crippen LogP contribution is -2.53. The minimum atomic E-state index is -0.793. The van der Waals surface area contributed by atoms with Crippen LogP contribution in [0.1, 0.15) is 28.1 Å². The molecule has 3 heterocycles. The molecule has 4 heteroatoms. The van der Waals surface area contributed by atoms with Crippen molar-refractivity contribution in [2.24, 2.45) is 0 Å². The average molecular weight is 343 g/mol. The van der Waals surface area contributed by atoms with Crippen LogP contribution in [-0.4, -0.2) is 17.0 Å². The molecule has 1 spiro atoms. The van der Waals surface area contributed by atoms with Gasteiger partial charge < -0.3 is 9.88 Å². The summed E-state index contributed by atoms with van der Waals surface area (Å²) in [6.07, 6.45) is 0.930. The Bertz CT molecular complexity index is 1040. The highest BCUT2D eigenvalue weighted by Crippen LogP contribution is 2.46. The largest absolute Gasteiger partial charge is 0.324 e. The predicted octanol–water partition coefficient (Wildman–Crippen LogP) is 3.44. The number of carbonyl (C=O) groups is 1. The Morgan fingerprint density at radius 2 is 1.69 bits per heavy atom. The second-order valence-electron chi connectivity index (χ2n) is 7.12. The Morgan fingerprint density at radius 1 is 0.962 bits per heavy atom. The summed E-state index contributed by atoms with van der Waals surface area (Å²) in [5, 5.41) is 6.65. The molecule has 3 aromatic rings. The van der Waals surface area contributed by atoms with Crippen LogP contribution in [-0.2, 0) is 16.8 Å². The summed E-state index contributed by atoms with van der Waals surface area (Å²) in [5.74, 6) is 0.0213. The fourth-order valence-electron chi connectivity index (χ4n) is 4.81. The molecule has 0 unspecified atom stereocenters. The number of nitrogens with one attached hydrogen (secondary N) is 2. The van der Waals surface area contributed by atoms with Crippen LogP contribution in [0, 0.1) is 13.8 Å². The lowest BCUT2D eigenvalue weighted by atomic mass is 9.78. The number of amides is 1. The molecule has 0 saturated heterocycles. The first-order chi connectivity index (χ1) is 12.6. The van der Waals surface area contributed by atoms with Crippen LogP contribution >= 0.6 is 0 Å². The van der Waals surface area contributed by atoms with Gasteiger partial charge in [0.1, 0.15) is 0 Å². The zero-order valence-electron chi connectivity index (χ0n) is 15.0. The van der Waals surface area contributed by atoms with E-state index in [2.05, 4.69) is 59.4 Å². The van der Waals surface area contributed by atoms with Gasteiger partial charge in [-0.15, -0.1) is 0 Å². The third-order valence-electron chi connectivity index (χ3n) is 5.85. The first-order valence-corrected chi connectivity index (χ1v) is 9.07. The lowest BCUT2D eigenvalue weighted by Gasteiger charge is -2.34. The van der Waals surface area contributed by atoms with E-state index in [0.717, 1.165) is 41.2 Å². The highest BCUT2D eigenvalue weighted by Gasteiger charge is 2.52. The van der Waals surface area contributed by atoms with E-state index in [0.29, 0.717) is 0 Å². The average Bonchev–Trinajstić information content (AvgIpc) is 3.09. The van der Waals surface area contributed by atoms with Gasteiger partial charge in [-0.3, -0.25) is 10.1 Å². The number of hydrogen-bond donors (Lipinski definition) is 2. The number of nitrogens with zero attached hydrogens (tertiary/aromatic N) is 1. The maximum Gasteiger partial charge on any atom is 0.254 e. The van der Waals surface area contributed by atoms with Crippen molar-refractivity contribution < 1.29 is 4.79 Å². The van der Waals surface area contributed by atoms with Crippen molar-refractivity contribution in [3.05, 3.63) is 82.7 Å². The molecule has 5 rings (SSSR count). The highest BCUT2D eigenvalue weighted by molar-refractivity contribution is 6.09. The summed E-state index contributed by atoms with van der Waals surface area (Å²) in [7, 11) is 0. The number of rotatable bonds is 1. The van der Waals surface area contributed by atoms with Crippen molar-refractivity contribution in [3.63, 3.8) is 0 Å². The molecule has 0 bridgehead atoms. The number of carbonyl (C=O) groups excluding carboxylic acids is 1. The normalized spacial score (nSPS) is 20.8. The third-order valence-corrected chi connectivity index (χ3v) is 5.85. The molecule has 26 heavy (non-hydrogen) atoms. The Hall–Kier alpha value is -2.85. The van der Waals surface area contributed by atoms with E-state index in [1.165, 1.54) is 11.3 Å². The standard InChI is InChI=1S/C22H21N3O/c1-14-17-12-13-23-22(18-10-6-7-11-19(18)24-21(22)26)20(17)15(2)25(14)16-8-4-3-5-9-16/h3-11,23H,12-13H2,1-2H3,(H,24,26)/t22-/m0/s1. The lowest BCUT2D eigenvalue weighted by molar-refractivity contribution is -0.120. The monoisotopic (exact) mass is 343 g/mol. The summed E-state index contributed by atoms with van der Waals surface area (Å²) >= 11 is 0. The zero-order chi connectivity index (χ0) is 17.9. The molecule has 1 amide bonds. The molecule has 2 aliphatic rings. The van der Waals surface area contributed by atoms with E-state index >= 15 is 0 Å². The Kier molecular flexibility index (Phi) is 3.15. The minimum absolute atomic E-state index is 0.0213. The van der Waals surface area contributed by atoms with Gasteiger partial charge in [-0.05, 0) is 44.0 Å². The maximum atomic E-state index is 13.2. The summed E-state index contributed by atoms with van der Waals surface area (Å²) in [6.45, 7) is 5.08. The van der Waals surface area contributed by atoms with Crippen molar-refractivity contribution in [1.29, 1.82) is 0 Å². The van der Waals surface area contributed by atoms with Crippen molar-refractivity contribution in [2.75, 3.05) is 11.9 Å². The summed E-state index contributed by atoms with van der Waals surface area (Å²) < 4.78 is 2.29. The van der Waals surface area contributed by atoms with Gasteiger partial charge in [0.15, 0.2) is 5.54 Å². The number of anilines is 1. The number of benzene rings is 2. The molecular weight excluding hydrogens is 322 g/mol. The third kappa shape index (κ3) is 1.80. The molecule has 2 aromatic carbocycles. The fourth-order valence-corrected chi connectivity index (χ4v) is 4.81. The van der Waals surface area contributed by atoms with E-state index in [9.17, 15) is 4.79 Å². The van der Waals surface area contributed by atoms with Crippen LogP contribution in [0.5, 0.6) is 0 Å². The molecular formula is C22H21N3O. The number of para-hydroxylation sites is 2. The van der Waals surface area contributed by atoms with E-state index in [1.807, 2.05) is 24.3 Å². The minimum Gasteiger partial charge on any atom is -0.324 e. The van der Waals surface area contributed by atoms with Crippen molar-refractivity contribution in [2.45, 2.75) is 25.8 Å². The molecule has 0 saturated carbocycles. The van der Waals surface area contributed by atoms with Gasteiger partial charge in [0.25, 0.3) is 5.91 Å². The number of hydrogen-bond acceptors (Lipinski definition) is 2. The van der Waals surface area contributed by atoms with Gasteiger partial charge in [0.05, 0.1) is 0 Å². The van der Waals surface area contributed by atoms with Crippen LogP contribution in [0.25, 0.3) is 5.69 Å². The quantitative estimate of drug-likeness (QED) is 0.711. The number of fused-ring (bicyclic) bond motifs is 4. The smallest absolute Gasteiger partial charge is 0.254 e. The van der Waals surface area contributed by atoms with Gasteiger partial charge >= 0.3 is 0 Å². The molecule has 1 atom stereocenters. The van der Waals surface area contributed by atoms with Crippen LogP contribution in [0.4, 0.5) is 5.69 Å². The molecule has 1 aromatic heterocycles. The SMILES string of the molecule is Cc1c2c(c(C)n1-c1ccccc1)[C@]1(NCC2)C(=O)Nc2ccccc21. The topological polar surface area (TPSA) is 46.1 Å². The second-order valence-corrected chi connectivity index (χ2v) is 7.12. The molecule has 0 radical (unpaired) electrons.